The van der Waals surface area contributed by atoms with E-state index in [1.54, 1.807) is 41.4 Å². The largest absolute Gasteiger partial charge is 0.346 e. The van der Waals surface area contributed by atoms with Crippen LogP contribution in [0.25, 0.3) is 22.3 Å². The molecule has 0 spiro atoms. The van der Waals surface area contributed by atoms with Gasteiger partial charge in [0, 0.05) is 29.0 Å². The first-order valence-corrected chi connectivity index (χ1v) is 12.4. The van der Waals surface area contributed by atoms with Crippen molar-refractivity contribution < 1.29 is 13.6 Å². The van der Waals surface area contributed by atoms with Crippen LogP contribution in [0.3, 0.4) is 0 Å². The van der Waals surface area contributed by atoms with Gasteiger partial charge in [-0.25, -0.2) is 13.8 Å². The number of imidazole rings is 1. The molecule has 0 aliphatic heterocycles. The summed E-state index contributed by atoms with van der Waals surface area (Å²) in [4.78, 5) is 26.8. The standard InChI is InChI=1S/C29H24ClF2N5O/c1-17-9-24-26(10-18(17)2)37(16-35-24)15-27(38)36-25(13-19-11-22(31)14-23(32)12-19)29-28(33-7-8-34-29)20-3-5-21(30)6-4-20/h3-12,14,16,25H,13,15H2,1-2H3,(H,36,38). The van der Waals surface area contributed by atoms with Crippen molar-refractivity contribution in [2.75, 3.05) is 0 Å². The first-order valence-electron chi connectivity index (χ1n) is 12.0. The molecular formula is C29H24ClF2N5O. The molecule has 5 rings (SSSR count). The molecule has 1 N–H and O–H groups in total. The normalized spacial score (nSPS) is 12.0. The minimum atomic E-state index is -0.721. The number of hydrogen-bond donors (Lipinski definition) is 1. The van der Waals surface area contributed by atoms with Gasteiger partial charge < -0.3 is 9.88 Å². The maximum Gasteiger partial charge on any atom is 0.240 e. The quantitative estimate of drug-likeness (QED) is 0.274. The highest BCUT2D eigenvalue weighted by Gasteiger charge is 2.23. The number of carbonyl (C=O) groups excluding carboxylic acids is 1. The molecule has 2 aromatic heterocycles. The van der Waals surface area contributed by atoms with E-state index >= 15 is 0 Å². The Kier molecular flexibility index (Phi) is 7.15. The van der Waals surface area contributed by atoms with Crippen molar-refractivity contribution in [3.63, 3.8) is 0 Å². The summed E-state index contributed by atoms with van der Waals surface area (Å²) in [5.41, 5.74) is 5.97. The van der Waals surface area contributed by atoms with Gasteiger partial charge in [0.2, 0.25) is 5.91 Å². The van der Waals surface area contributed by atoms with E-state index in [2.05, 4.69) is 20.3 Å². The highest BCUT2D eigenvalue weighted by Crippen LogP contribution is 2.28. The summed E-state index contributed by atoms with van der Waals surface area (Å²) in [6.07, 6.45) is 4.80. The predicted molar refractivity (Wildman–Crippen MR) is 143 cm³/mol. The first-order chi connectivity index (χ1) is 18.3. The second-order valence-corrected chi connectivity index (χ2v) is 9.63. The molecule has 0 bridgehead atoms. The van der Waals surface area contributed by atoms with E-state index in [9.17, 15) is 13.6 Å². The van der Waals surface area contributed by atoms with Crippen molar-refractivity contribution in [3.05, 3.63) is 112 Å². The maximum absolute atomic E-state index is 14.0. The van der Waals surface area contributed by atoms with Gasteiger partial charge in [0.25, 0.3) is 0 Å². The minimum absolute atomic E-state index is 0.00353. The van der Waals surface area contributed by atoms with E-state index in [1.807, 2.05) is 26.0 Å². The van der Waals surface area contributed by atoms with Gasteiger partial charge in [-0.15, -0.1) is 0 Å². The van der Waals surface area contributed by atoms with Gasteiger partial charge in [-0.1, -0.05) is 23.7 Å². The lowest BCUT2D eigenvalue weighted by Gasteiger charge is -2.21. The number of benzene rings is 3. The Balaban J connectivity index is 1.49. The van der Waals surface area contributed by atoms with Crippen LogP contribution in [-0.2, 0) is 17.8 Å². The van der Waals surface area contributed by atoms with Crippen LogP contribution in [-0.4, -0.2) is 25.4 Å². The first kappa shape index (κ1) is 25.5. The fraction of sp³-hybridized carbons (Fsp3) is 0.172. The lowest BCUT2D eigenvalue weighted by molar-refractivity contribution is -0.122. The second kappa shape index (κ2) is 10.7. The Morgan fingerprint density at radius 2 is 1.63 bits per heavy atom. The minimum Gasteiger partial charge on any atom is -0.346 e. The number of rotatable bonds is 7. The average molecular weight is 532 g/mol. The Labute approximate surface area is 223 Å². The Bertz CT molecular complexity index is 1610. The third-order valence-corrected chi connectivity index (χ3v) is 6.67. The summed E-state index contributed by atoms with van der Waals surface area (Å²) in [7, 11) is 0. The topological polar surface area (TPSA) is 72.7 Å². The van der Waals surface area contributed by atoms with Crippen LogP contribution in [0.4, 0.5) is 8.78 Å². The molecule has 0 radical (unpaired) electrons. The summed E-state index contributed by atoms with van der Waals surface area (Å²) in [5.74, 6) is -1.70. The molecule has 0 aliphatic rings. The number of nitrogens with zero attached hydrogens (tertiary/aromatic N) is 4. The van der Waals surface area contributed by atoms with Gasteiger partial charge in [-0.2, -0.15) is 0 Å². The van der Waals surface area contributed by atoms with E-state index in [-0.39, 0.29) is 18.9 Å². The summed E-state index contributed by atoms with van der Waals surface area (Å²) in [5, 5.41) is 3.58. The molecule has 0 saturated carbocycles. The molecule has 0 saturated heterocycles. The smallest absolute Gasteiger partial charge is 0.240 e. The van der Waals surface area contributed by atoms with Crippen LogP contribution in [0.2, 0.25) is 5.02 Å². The fourth-order valence-corrected chi connectivity index (χ4v) is 4.57. The molecule has 1 atom stereocenters. The van der Waals surface area contributed by atoms with E-state index in [0.717, 1.165) is 33.8 Å². The van der Waals surface area contributed by atoms with Crippen molar-refractivity contribution >= 4 is 28.5 Å². The monoisotopic (exact) mass is 531 g/mol. The van der Waals surface area contributed by atoms with E-state index in [1.165, 1.54) is 18.3 Å². The molecule has 192 valence electrons. The number of halogens is 3. The van der Waals surface area contributed by atoms with Gasteiger partial charge in [0.15, 0.2) is 0 Å². The number of carbonyl (C=O) groups is 1. The third-order valence-electron chi connectivity index (χ3n) is 6.42. The average Bonchev–Trinajstić information content (AvgIpc) is 3.24. The summed E-state index contributed by atoms with van der Waals surface area (Å²) < 4.78 is 29.8. The summed E-state index contributed by atoms with van der Waals surface area (Å²) in [6, 6.07) is 13.6. The number of amides is 1. The van der Waals surface area contributed by atoms with Crippen LogP contribution >= 0.6 is 11.6 Å². The molecule has 1 amide bonds. The van der Waals surface area contributed by atoms with Gasteiger partial charge in [0.05, 0.1) is 34.8 Å². The van der Waals surface area contributed by atoms with Crippen LogP contribution in [0.5, 0.6) is 0 Å². The van der Waals surface area contributed by atoms with Crippen molar-refractivity contribution in [3.8, 4) is 11.3 Å². The predicted octanol–water partition coefficient (Wildman–Crippen LogP) is 6.14. The molecule has 6 nitrogen and oxygen atoms in total. The van der Waals surface area contributed by atoms with Crippen molar-refractivity contribution in [1.82, 2.24) is 24.8 Å². The Hall–Kier alpha value is -4.17. The van der Waals surface area contributed by atoms with Gasteiger partial charge in [-0.05, 0) is 73.4 Å². The Morgan fingerprint density at radius 1 is 0.947 bits per heavy atom. The lowest BCUT2D eigenvalue weighted by atomic mass is 9.98. The molecule has 0 fully saturated rings. The number of aryl methyl sites for hydroxylation is 2. The number of hydrogen-bond acceptors (Lipinski definition) is 4. The van der Waals surface area contributed by atoms with Gasteiger partial charge in [0.1, 0.15) is 18.2 Å². The highest BCUT2D eigenvalue weighted by atomic mass is 35.5. The van der Waals surface area contributed by atoms with Crippen LogP contribution in [0.1, 0.15) is 28.4 Å². The zero-order valence-corrected chi connectivity index (χ0v) is 21.5. The SMILES string of the molecule is Cc1cc2ncn(CC(=O)NC(Cc3cc(F)cc(F)c3)c3nccnc3-c3ccc(Cl)cc3)c2cc1C. The molecule has 3 aromatic carbocycles. The van der Waals surface area contributed by atoms with E-state index < -0.39 is 17.7 Å². The Morgan fingerprint density at radius 3 is 2.37 bits per heavy atom. The molecule has 1 unspecified atom stereocenters. The molecule has 2 heterocycles. The second-order valence-electron chi connectivity index (χ2n) is 9.20. The summed E-state index contributed by atoms with van der Waals surface area (Å²) in [6.45, 7) is 4.02. The third kappa shape index (κ3) is 5.55. The fourth-order valence-electron chi connectivity index (χ4n) is 4.45. The number of nitrogens with one attached hydrogen (secondary N) is 1. The van der Waals surface area contributed by atoms with Crippen molar-refractivity contribution in [1.29, 1.82) is 0 Å². The zero-order valence-electron chi connectivity index (χ0n) is 20.8. The molecule has 38 heavy (non-hydrogen) atoms. The van der Waals surface area contributed by atoms with Crippen LogP contribution in [0, 0.1) is 25.5 Å². The number of fused-ring (bicyclic) bond motifs is 1. The molecule has 9 heteroatoms. The zero-order chi connectivity index (χ0) is 26.8. The lowest BCUT2D eigenvalue weighted by Crippen LogP contribution is -2.33. The van der Waals surface area contributed by atoms with E-state index in [4.69, 9.17) is 11.6 Å². The van der Waals surface area contributed by atoms with Gasteiger partial charge in [-0.3, -0.25) is 14.8 Å². The van der Waals surface area contributed by atoms with Gasteiger partial charge >= 0.3 is 0 Å². The summed E-state index contributed by atoms with van der Waals surface area (Å²) >= 11 is 6.06. The maximum atomic E-state index is 14.0. The van der Waals surface area contributed by atoms with E-state index in [0.29, 0.717) is 22.0 Å². The molecule has 5 aromatic rings. The van der Waals surface area contributed by atoms with Crippen molar-refractivity contribution in [2.24, 2.45) is 0 Å². The van der Waals surface area contributed by atoms with Crippen molar-refractivity contribution in [2.45, 2.75) is 32.9 Å². The van der Waals surface area contributed by atoms with Crippen LogP contribution in [0.15, 0.2) is 73.3 Å². The molecular weight excluding hydrogens is 508 g/mol. The number of aromatic nitrogens is 4. The van der Waals surface area contributed by atoms with Crippen LogP contribution < -0.4 is 5.32 Å². The molecule has 0 aliphatic carbocycles. The highest BCUT2D eigenvalue weighted by molar-refractivity contribution is 6.30.